The third-order valence-electron chi connectivity index (χ3n) is 11.5. The number of nitrogens with one attached hydrogen (secondary N) is 5. The standard InChI is InChI=1S/C46H55FN8O7/c1-25-21-28-15-16-46(4,5)32(28)24-36(25)62-37-14-13-35(61-37)41(57)52-39-43(59-7)53-45(54-44(39)60-8)49-18-10-20-55(6)19-9-17-48-42(58)38-26(2)34(50-27(38)3)23-31-30-22-29(47)11-12-33(30)51-40(31)56/h11-14,21-24,40,50-51,56H,9-10,15-20H2,1-8H3,(H,48,58)(H,52,57)(H,49,53,54)/b31-23-. The second-order valence-corrected chi connectivity index (χ2v) is 16.5. The van der Waals surface area contributed by atoms with E-state index in [1.165, 1.54) is 43.5 Å². The third-order valence-corrected chi connectivity index (χ3v) is 11.5. The SMILES string of the molecule is COc1nc(NCCCN(C)CCCNC(=O)c2c(C)[nH]c(/C=C3/c4cc(F)ccc4NC3O)c2C)nc(OC)c1NC(=O)c1ccc(Oc2cc3c(cc2C)CCC3(C)C)o1. The lowest BCUT2D eigenvalue weighted by atomic mass is 9.86. The topological polar surface area (TPSA) is 188 Å². The van der Waals surface area contributed by atoms with Crippen molar-refractivity contribution < 1.29 is 37.7 Å². The molecular formula is C46H55FN8O7. The summed E-state index contributed by atoms with van der Waals surface area (Å²) in [5.41, 5.74) is 8.23. The number of aromatic amines is 1. The highest BCUT2D eigenvalue weighted by Crippen LogP contribution is 2.42. The van der Waals surface area contributed by atoms with Gasteiger partial charge < -0.3 is 54.9 Å². The van der Waals surface area contributed by atoms with Crippen LogP contribution in [0, 0.1) is 26.6 Å². The Balaban J connectivity index is 0.860. The first-order valence-corrected chi connectivity index (χ1v) is 20.7. The number of hydrogen-bond acceptors (Lipinski definition) is 12. The van der Waals surface area contributed by atoms with Gasteiger partial charge in [-0.2, -0.15) is 9.97 Å². The number of amides is 2. The van der Waals surface area contributed by atoms with Crippen molar-refractivity contribution in [2.24, 2.45) is 0 Å². The molecule has 0 saturated heterocycles. The van der Waals surface area contributed by atoms with Crippen LogP contribution >= 0.6 is 0 Å². The number of carbonyl (C=O) groups excluding carboxylic acids is 2. The van der Waals surface area contributed by atoms with Gasteiger partial charge in [0.15, 0.2) is 17.7 Å². The average Bonchev–Trinajstić information content (AvgIpc) is 3.98. The Bertz CT molecular complexity index is 2490. The Hall–Kier alpha value is -6.39. The Morgan fingerprint density at radius 1 is 1.02 bits per heavy atom. The maximum absolute atomic E-state index is 14.0. The fourth-order valence-corrected chi connectivity index (χ4v) is 8.08. The summed E-state index contributed by atoms with van der Waals surface area (Å²) in [6.07, 6.45) is 4.40. The summed E-state index contributed by atoms with van der Waals surface area (Å²) in [4.78, 5) is 40.9. The van der Waals surface area contributed by atoms with Crippen LogP contribution in [0.25, 0.3) is 11.6 Å². The number of rotatable bonds is 17. The van der Waals surface area contributed by atoms with Crippen LogP contribution in [0.2, 0.25) is 0 Å². The molecule has 7 rings (SSSR count). The van der Waals surface area contributed by atoms with Gasteiger partial charge in [0.2, 0.25) is 17.7 Å². The Kier molecular flexibility index (Phi) is 12.9. The Morgan fingerprint density at radius 3 is 2.47 bits per heavy atom. The Morgan fingerprint density at radius 2 is 1.74 bits per heavy atom. The monoisotopic (exact) mass is 850 g/mol. The molecule has 16 heteroatoms. The van der Waals surface area contributed by atoms with Gasteiger partial charge in [-0.25, -0.2) is 4.39 Å². The summed E-state index contributed by atoms with van der Waals surface area (Å²) in [6.45, 7) is 12.7. The van der Waals surface area contributed by atoms with Crippen LogP contribution in [0.15, 0.2) is 46.9 Å². The van der Waals surface area contributed by atoms with Crippen molar-refractivity contribution in [3.63, 3.8) is 0 Å². The molecule has 5 aromatic rings. The fourth-order valence-electron chi connectivity index (χ4n) is 8.08. The number of aliphatic hydroxyl groups excluding tert-OH is 1. The molecular weight excluding hydrogens is 796 g/mol. The van der Waals surface area contributed by atoms with Crippen molar-refractivity contribution in [2.75, 3.05) is 63.4 Å². The van der Waals surface area contributed by atoms with E-state index in [0.29, 0.717) is 52.6 Å². The number of H-pyrrole nitrogens is 1. The van der Waals surface area contributed by atoms with Gasteiger partial charge in [0.1, 0.15) is 11.6 Å². The summed E-state index contributed by atoms with van der Waals surface area (Å²) >= 11 is 0. The normalized spacial score (nSPS) is 15.6. The van der Waals surface area contributed by atoms with Gasteiger partial charge >= 0.3 is 0 Å². The molecule has 6 N–H and O–H groups in total. The molecule has 62 heavy (non-hydrogen) atoms. The van der Waals surface area contributed by atoms with Gasteiger partial charge in [0.05, 0.1) is 19.8 Å². The zero-order valence-corrected chi connectivity index (χ0v) is 36.5. The van der Waals surface area contributed by atoms with E-state index < -0.39 is 18.0 Å². The smallest absolute Gasteiger partial charge is 0.291 e. The van der Waals surface area contributed by atoms with Crippen molar-refractivity contribution >= 4 is 40.8 Å². The maximum atomic E-state index is 14.0. The lowest BCUT2D eigenvalue weighted by molar-refractivity contribution is 0.0949. The van der Waals surface area contributed by atoms with E-state index in [0.717, 1.165) is 49.9 Å². The summed E-state index contributed by atoms with van der Waals surface area (Å²) < 4.78 is 36.9. The minimum absolute atomic E-state index is 0.0250. The lowest BCUT2D eigenvalue weighted by Gasteiger charge is -2.20. The number of furan rings is 1. The molecule has 0 bridgehead atoms. The number of anilines is 3. The average molecular weight is 851 g/mol. The highest BCUT2D eigenvalue weighted by Gasteiger charge is 2.31. The number of fused-ring (bicyclic) bond motifs is 2. The molecule has 2 aliphatic rings. The Labute approximate surface area is 360 Å². The van der Waals surface area contributed by atoms with Crippen molar-refractivity contribution in [3.05, 3.63) is 98.8 Å². The number of ether oxygens (including phenoxy) is 3. The minimum atomic E-state index is -0.989. The molecule has 1 unspecified atom stereocenters. The number of aromatic nitrogens is 3. The molecule has 2 amide bonds. The predicted molar refractivity (Wildman–Crippen MR) is 236 cm³/mol. The van der Waals surface area contributed by atoms with Crippen LogP contribution in [0.4, 0.5) is 21.7 Å². The molecule has 0 radical (unpaired) electrons. The fraction of sp³-hybridized carbons (Fsp3) is 0.391. The summed E-state index contributed by atoms with van der Waals surface area (Å²) in [5.74, 6) is 0.247. The minimum Gasteiger partial charge on any atom is -0.479 e. The molecule has 0 saturated carbocycles. The van der Waals surface area contributed by atoms with Crippen LogP contribution in [-0.4, -0.2) is 90.4 Å². The molecule has 0 spiro atoms. The molecule has 2 aromatic carbocycles. The number of carbonyl (C=O) groups is 2. The summed E-state index contributed by atoms with van der Waals surface area (Å²) in [7, 11) is 4.90. The largest absolute Gasteiger partial charge is 0.479 e. The highest BCUT2D eigenvalue weighted by atomic mass is 19.1. The summed E-state index contributed by atoms with van der Waals surface area (Å²) in [5, 5.41) is 22.5. The second-order valence-electron chi connectivity index (χ2n) is 16.5. The number of aryl methyl sites for hydroxylation is 3. The van der Waals surface area contributed by atoms with Gasteiger partial charge in [-0.05, 0) is 131 Å². The van der Waals surface area contributed by atoms with Crippen LogP contribution in [0.3, 0.4) is 0 Å². The van der Waals surface area contributed by atoms with Gasteiger partial charge in [-0.15, -0.1) is 0 Å². The zero-order valence-electron chi connectivity index (χ0n) is 36.5. The third kappa shape index (κ3) is 9.40. The van der Waals surface area contributed by atoms with Crippen LogP contribution in [0.5, 0.6) is 23.5 Å². The molecule has 328 valence electrons. The van der Waals surface area contributed by atoms with Crippen molar-refractivity contribution in [1.29, 1.82) is 0 Å². The number of methoxy groups -OCH3 is 2. The van der Waals surface area contributed by atoms with Crippen LogP contribution in [-0.2, 0) is 11.8 Å². The number of halogens is 1. The van der Waals surface area contributed by atoms with Gasteiger partial charge in [-0.1, -0.05) is 19.9 Å². The molecule has 1 atom stereocenters. The number of aliphatic hydroxyl groups is 1. The molecule has 1 aliphatic carbocycles. The van der Waals surface area contributed by atoms with Gasteiger partial charge in [0.25, 0.3) is 17.8 Å². The first-order valence-electron chi connectivity index (χ1n) is 20.7. The van der Waals surface area contributed by atoms with E-state index in [1.54, 1.807) is 18.2 Å². The van der Waals surface area contributed by atoms with Crippen molar-refractivity contribution in [2.45, 2.75) is 71.9 Å². The van der Waals surface area contributed by atoms with E-state index in [2.05, 4.69) is 67.1 Å². The van der Waals surface area contributed by atoms with Crippen LogP contribution < -0.4 is 35.5 Å². The van der Waals surface area contributed by atoms with E-state index in [-0.39, 0.29) is 46.4 Å². The van der Waals surface area contributed by atoms with E-state index in [9.17, 15) is 19.1 Å². The van der Waals surface area contributed by atoms with Crippen molar-refractivity contribution in [1.82, 2.24) is 25.2 Å². The van der Waals surface area contributed by atoms with Gasteiger partial charge in [-0.3, -0.25) is 9.59 Å². The maximum Gasteiger partial charge on any atom is 0.291 e. The van der Waals surface area contributed by atoms with E-state index in [1.807, 2.05) is 27.8 Å². The number of benzene rings is 2. The first-order chi connectivity index (χ1) is 29.6. The highest BCUT2D eigenvalue weighted by molar-refractivity contribution is 6.04. The number of nitrogens with zero attached hydrogens (tertiary/aromatic N) is 3. The van der Waals surface area contributed by atoms with E-state index in [4.69, 9.17) is 18.6 Å². The zero-order chi connectivity index (χ0) is 44.3. The molecule has 3 aromatic heterocycles. The number of hydrogen-bond donors (Lipinski definition) is 6. The molecule has 4 heterocycles. The lowest BCUT2D eigenvalue weighted by Crippen LogP contribution is -2.29. The molecule has 1 aliphatic heterocycles. The van der Waals surface area contributed by atoms with Gasteiger partial charge in [0, 0.05) is 47.4 Å². The second kappa shape index (κ2) is 18.3. The predicted octanol–water partition coefficient (Wildman–Crippen LogP) is 7.59. The van der Waals surface area contributed by atoms with Crippen LogP contribution in [0.1, 0.15) is 93.2 Å². The quantitative estimate of drug-likeness (QED) is 0.0504. The molecule has 15 nitrogen and oxygen atoms in total. The van der Waals surface area contributed by atoms with Crippen molar-refractivity contribution in [3.8, 4) is 23.5 Å². The van der Waals surface area contributed by atoms with E-state index >= 15 is 0 Å². The summed E-state index contributed by atoms with van der Waals surface area (Å²) in [6, 6.07) is 11.7. The first kappa shape index (κ1) is 43.7. The molecule has 0 fully saturated rings.